The van der Waals surface area contributed by atoms with Crippen molar-refractivity contribution in [2.24, 2.45) is 5.10 Å². The molecule has 2 aromatic carbocycles. The fourth-order valence-electron chi connectivity index (χ4n) is 2.22. The quantitative estimate of drug-likeness (QED) is 0.466. The van der Waals surface area contributed by atoms with Crippen molar-refractivity contribution < 1.29 is 19.2 Å². The van der Waals surface area contributed by atoms with Crippen LogP contribution in [0.15, 0.2) is 41.5 Å². The third kappa shape index (κ3) is 4.56. The second-order valence-corrected chi connectivity index (χ2v) is 5.30. The third-order valence-corrected chi connectivity index (χ3v) is 3.54. The second-order valence-electron chi connectivity index (χ2n) is 5.30. The van der Waals surface area contributed by atoms with Gasteiger partial charge in [-0.1, -0.05) is 6.07 Å². The highest BCUT2D eigenvalue weighted by atomic mass is 16.6. The average Bonchev–Trinajstić information content (AvgIpc) is 2.63. The topological polar surface area (TPSA) is 103 Å². The Balaban J connectivity index is 2.09. The molecule has 0 aliphatic carbocycles. The Hall–Kier alpha value is -3.42. The van der Waals surface area contributed by atoms with Crippen molar-refractivity contribution in [2.75, 3.05) is 13.7 Å². The second kappa shape index (κ2) is 8.61. The van der Waals surface area contributed by atoms with Crippen LogP contribution in [0.4, 0.5) is 5.69 Å². The zero-order valence-corrected chi connectivity index (χ0v) is 14.7. The van der Waals surface area contributed by atoms with E-state index in [9.17, 15) is 14.9 Å². The summed E-state index contributed by atoms with van der Waals surface area (Å²) in [6.45, 7) is 4.00. The van der Waals surface area contributed by atoms with E-state index < -0.39 is 10.8 Å². The van der Waals surface area contributed by atoms with Gasteiger partial charge in [-0.2, -0.15) is 5.10 Å². The van der Waals surface area contributed by atoms with Crippen molar-refractivity contribution >= 4 is 17.8 Å². The number of nitro groups is 1. The maximum atomic E-state index is 12.1. The molecule has 0 aromatic heterocycles. The number of hydrogen-bond donors (Lipinski definition) is 1. The van der Waals surface area contributed by atoms with Crippen LogP contribution in [0.1, 0.15) is 28.4 Å². The van der Waals surface area contributed by atoms with Crippen molar-refractivity contribution in [3.63, 3.8) is 0 Å². The summed E-state index contributed by atoms with van der Waals surface area (Å²) in [5.41, 5.74) is 3.57. The molecule has 0 saturated carbocycles. The van der Waals surface area contributed by atoms with E-state index in [4.69, 9.17) is 9.47 Å². The van der Waals surface area contributed by atoms with E-state index in [1.807, 2.05) is 6.92 Å². The van der Waals surface area contributed by atoms with Crippen LogP contribution < -0.4 is 14.9 Å². The van der Waals surface area contributed by atoms with Crippen LogP contribution in [0.2, 0.25) is 0 Å². The molecule has 0 aliphatic heterocycles. The lowest BCUT2D eigenvalue weighted by Crippen LogP contribution is -2.17. The molecule has 0 fully saturated rings. The lowest BCUT2D eigenvalue weighted by molar-refractivity contribution is -0.385. The molecule has 8 heteroatoms. The molecule has 26 heavy (non-hydrogen) atoms. The highest BCUT2D eigenvalue weighted by molar-refractivity contribution is 5.95. The Kier molecular flexibility index (Phi) is 6.26. The first-order chi connectivity index (χ1) is 12.5. The molecule has 0 radical (unpaired) electrons. The molecule has 2 rings (SSSR count). The molecule has 8 nitrogen and oxygen atoms in total. The lowest BCUT2D eigenvalue weighted by atomic mass is 10.1. The van der Waals surface area contributed by atoms with E-state index in [1.165, 1.54) is 31.5 Å². The number of aryl methyl sites for hydroxylation is 1. The number of hydrazone groups is 1. The van der Waals surface area contributed by atoms with Gasteiger partial charge in [-0.05, 0) is 43.7 Å². The highest BCUT2D eigenvalue weighted by Crippen LogP contribution is 2.27. The molecule has 0 saturated heterocycles. The fourth-order valence-corrected chi connectivity index (χ4v) is 2.22. The standard InChI is InChI=1S/C18H19N3O5/c1-4-26-16-8-6-13(9-17(16)25-3)11-19-20-18(22)14-7-5-12(2)15(10-14)21(23)24/h5-11H,4H2,1-3H3,(H,20,22). The molecule has 2 aromatic rings. The minimum Gasteiger partial charge on any atom is -0.493 e. The van der Waals surface area contributed by atoms with E-state index in [-0.39, 0.29) is 11.3 Å². The van der Waals surface area contributed by atoms with Crippen LogP contribution in [-0.4, -0.2) is 30.8 Å². The summed E-state index contributed by atoms with van der Waals surface area (Å²) in [5, 5.41) is 14.8. The maximum absolute atomic E-state index is 12.1. The number of hydrogen-bond acceptors (Lipinski definition) is 6. The first-order valence-electron chi connectivity index (χ1n) is 7.85. The van der Waals surface area contributed by atoms with Gasteiger partial charge in [0.1, 0.15) is 0 Å². The smallest absolute Gasteiger partial charge is 0.273 e. The summed E-state index contributed by atoms with van der Waals surface area (Å²) in [5.74, 6) is 0.627. The molecule has 0 spiro atoms. The SMILES string of the molecule is CCOc1ccc(C=NNC(=O)c2ccc(C)c([N+](=O)[O-])c2)cc1OC. The van der Waals surface area contributed by atoms with Crippen molar-refractivity contribution in [3.05, 3.63) is 63.2 Å². The summed E-state index contributed by atoms with van der Waals surface area (Å²) in [6, 6.07) is 9.48. The molecular weight excluding hydrogens is 338 g/mol. The van der Waals surface area contributed by atoms with Gasteiger partial charge in [-0.15, -0.1) is 0 Å². The van der Waals surface area contributed by atoms with Gasteiger partial charge in [-0.25, -0.2) is 5.43 Å². The molecule has 0 atom stereocenters. The number of rotatable bonds is 7. The minimum absolute atomic E-state index is 0.113. The van der Waals surface area contributed by atoms with E-state index in [2.05, 4.69) is 10.5 Å². The Morgan fingerprint density at radius 3 is 2.69 bits per heavy atom. The van der Waals surface area contributed by atoms with Gasteiger partial charge >= 0.3 is 0 Å². The number of amides is 1. The molecule has 0 heterocycles. The molecule has 1 N–H and O–H groups in total. The average molecular weight is 357 g/mol. The van der Waals surface area contributed by atoms with Gasteiger partial charge in [0.25, 0.3) is 11.6 Å². The monoisotopic (exact) mass is 357 g/mol. The number of carbonyl (C=O) groups is 1. The highest BCUT2D eigenvalue weighted by Gasteiger charge is 2.14. The molecule has 0 bridgehead atoms. The van der Waals surface area contributed by atoms with Crippen molar-refractivity contribution in [3.8, 4) is 11.5 Å². The largest absolute Gasteiger partial charge is 0.493 e. The molecule has 1 amide bonds. The first kappa shape index (κ1) is 18.9. The van der Waals surface area contributed by atoms with Crippen LogP contribution in [0.25, 0.3) is 0 Å². The summed E-state index contributed by atoms with van der Waals surface area (Å²) >= 11 is 0. The summed E-state index contributed by atoms with van der Waals surface area (Å²) in [6.07, 6.45) is 1.44. The number of ether oxygens (including phenoxy) is 2. The van der Waals surface area contributed by atoms with Gasteiger partial charge in [0.15, 0.2) is 11.5 Å². The normalized spacial score (nSPS) is 10.6. The van der Waals surface area contributed by atoms with Gasteiger partial charge in [0, 0.05) is 17.2 Å². The number of carbonyl (C=O) groups excluding carboxylic acids is 1. The molecular formula is C18H19N3O5. The lowest BCUT2D eigenvalue weighted by Gasteiger charge is -2.09. The number of nitrogens with one attached hydrogen (secondary N) is 1. The van der Waals surface area contributed by atoms with E-state index >= 15 is 0 Å². The van der Waals surface area contributed by atoms with Gasteiger partial charge in [0.2, 0.25) is 0 Å². The Labute approximate surface area is 150 Å². The zero-order valence-electron chi connectivity index (χ0n) is 14.7. The van der Waals surface area contributed by atoms with Gasteiger partial charge in [0.05, 0.1) is 24.9 Å². The Bertz CT molecular complexity index is 849. The molecule has 0 aliphatic rings. The van der Waals surface area contributed by atoms with Gasteiger partial charge < -0.3 is 9.47 Å². The third-order valence-electron chi connectivity index (χ3n) is 3.54. The van der Waals surface area contributed by atoms with E-state index in [1.54, 1.807) is 25.1 Å². The minimum atomic E-state index is -0.540. The van der Waals surface area contributed by atoms with Crippen molar-refractivity contribution in [2.45, 2.75) is 13.8 Å². The number of nitrogens with zero attached hydrogens (tertiary/aromatic N) is 2. The van der Waals surface area contributed by atoms with Crippen molar-refractivity contribution in [1.82, 2.24) is 5.43 Å². The fraction of sp³-hybridized carbons (Fsp3) is 0.222. The van der Waals surface area contributed by atoms with Crippen LogP contribution >= 0.6 is 0 Å². The number of methoxy groups -OCH3 is 1. The maximum Gasteiger partial charge on any atom is 0.273 e. The first-order valence-corrected chi connectivity index (χ1v) is 7.85. The predicted octanol–water partition coefficient (Wildman–Crippen LogP) is 3.07. The van der Waals surface area contributed by atoms with Crippen LogP contribution in [-0.2, 0) is 0 Å². The van der Waals surface area contributed by atoms with Crippen molar-refractivity contribution in [1.29, 1.82) is 0 Å². The van der Waals surface area contributed by atoms with Crippen LogP contribution in [0.5, 0.6) is 11.5 Å². The summed E-state index contributed by atoms with van der Waals surface area (Å²) < 4.78 is 10.7. The van der Waals surface area contributed by atoms with E-state index in [0.29, 0.717) is 29.2 Å². The van der Waals surface area contributed by atoms with E-state index in [0.717, 1.165) is 0 Å². The predicted molar refractivity (Wildman–Crippen MR) is 97.1 cm³/mol. The number of benzene rings is 2. The van der Waals surface area contributed by atoms with Gasteiger partial charge in [-0.3, -0.25) is 14.9 Å². The Morgan fingerprint density at radius 2 is 2.04 bits per heavy atom. The zero-order chi connectivity index (χ0) is 19.1. The van der Waals surface area contributed by atoms with Crippen LogP contribution in [0.3, 0.4) is 0 Å². The Morgan fingerprint density at radius 1 is 1.27 bits per heavy atom. The van der Waals surface area contributed by atoms with Crippen LogP contribution in [0, 0.1) is 17.0 Å². The number of nitro benzene ring substituents is 1. The molecule has 136 valence electrons. The summed E-state index contributed by atoms with van der Waals surface area (Å²) in [7, 11) is 1.53. The summed E-state index contributed by atoms with van der Waals surface area (Å²) in [4.78, 5) is 22.5. The molecule has 0 unspecified atom stereocenters.